The molecule has 2 unspecified atom stereocenters. The predicted octanol–water partition coefficient (Wildman–Crippen LogP) is 2.62. The summed E-state index contributed by atoms with van der Waals surface area (Å²) in [5.41, 5.74) is 6.11. The normalized spacial score (nSPS) is 20.9. The standard InChI is InChI=1S/C15H20F2N2O/c1-9-7-11(13(17)8-12(9)16)15(20)19-6-4-3-5-14(19)10(2)18/h7-8,10,14H,3-6,18H2,1-2H3. The molecule has 1 aliphatic heterocycles. The lowest BCUT2D eigenvalue weighted by atomic mass is 9.95. The topological polar surface area (TPSA) is 46.3 Å². The van der Waals surface area contributed by atoms with Gasteiger partial charge in [-0.25, -0.2) is 8.78 Å². The summed E-state index contributed by atoms with van der Waals surface area (Å²) in [4.78, 5) is 14.1. The van der Waals surface area contributed by atoms with E-state index < -0.39 is 17.5 Å². The van der Waals surface area contributed by atoms with Crippen molar-refractivity contribution in [1.82, 2.24) is 4.90 Å². The molecule has 3 nitrogen and oxygen atoms in total. The van der Waals surface area contributed by atoms with Crippen LogP contribution in [0.5, 0.6) is 0 Å². The minimum absolute atomic E-state index is 0.0727. The van der Waals surface area contributed by atoms with Crippen molar-refractivity contribution in [3.63, 3.8) is 0 Å². The number of likely N-dealkylation sites (tertiary alicyclic amines) is 1. The van der Waals surface area contributed by atoms with Gasteiger partial charge in [0.2, 0.25) is 0 Å². The van der Waals surface area contributed by atoms with Gasteiger partial charge >= 0.3 is 0 Å². The maximum absolute atomic E-state index is 13.8. The van der Waals surface area contributed by atoms with Gasteiger partial charge in [-0.05, 0) is 44.7 Å². The molecular weight excluding hydrogens is 262 g/mol. The van der Waals surface area contributed by atoms with Crippen LogP contribution in [0.15, 0.2) is 12.1 Å². The highest BCUT2D eigenvalue weighted by Crippen LogP contribution is 2.23. The van der Waals surface area contributed by atoms with Gasteiger partial charge in [0.05, 0.1) is 5.56 Å². The summed E-state index contributed by atoms with van der Waals surface area (Å²) in [7, 11) is 0. The molecule has 1 fully saturated rings. The molecular formula is C15H20F2N2O. The fourth-order valence-electron chi connectivity index (χ4n) is 2.73. The molecule has 1 heterocycles. The second-order valence-corrected chi connectivity index (χ2v) is 5.50. The first-order chi connectivity index (χ1) is 9.41. The zero-order valence-corrected chi connectivity index (χ0v) is 11.8. The molecule has 110 valence electrons. The van der Waals surface area contributed by atoms with Crippen molar-refractivity contribution in [2.24, 2.45) is 5.73 Å². The lowest BCUT2D eigenvalue weighted by Crippen LogP contribution is -2.51. The van der Waals surface area contributed by atoms with Crippen LogP contribution in [0.25, 0.3) is 0 Å². The van der Waals surface area contributed by atoms with E-state index in [-0.39, 0.29) is 23.2 Å². The molecule has 0 aromatic heterocycles. The van der Waals surface area contributed by atoms with Crippen molar-refractivity contribution in [2.45, 2.75) is 45.2 Å². The van der Waals surface area contributed by atoms with Crippen molar-refractivity contribution < 1.29 is 13.6 Å². The third-order valence-electron chi connectivity index (χ3n) is 3.90. The maximum atomic E-state index is 13.8. The monoisotopic (exact) mass is 282 g/mol. The first-order valence-electron chi connectivity index (χ1n) is 6.94. The van der Waals surface area contributed by atoms with E-state index in [0.717, 1.165) is 25.3 Å². The summed E-state index contributed by atoms with van der Waals surface area (Å²) < 4.78 is 27.1. The van der Waals surface area contributed by atoms with E-state index in [9.17, 15) is 13.6 Å². The van der Waals surface area contributed by atoms with Crippen LogP contribution >= 0.6 is 0 Å². The molecule has 0 bridgehead atoms. The molecule has 2 atom stereocenters. The first kappa shape index (κ1) is 14.9. The molecule has 0 spiro atoms. The number of carbonyl (C=O) groups is 1. The molecule has 2 N–H and O–H groups in total. The minimum atomic E-state index is -0.813. The van der Waals surface area contributed by atoms with Crippen LogP contribution in [-0.4, -0.2) is 29.4 Å². The van der Waals surface area contributed by atoms with E-state index in [4.69, 9.17) is 5.73 Å². The summed E-state index contributed by atoms with van der Waals surface area (Å²) >= 11 is 0. The highest BCUT2D eigenvalue weighted by atomic mass is 19.1. The zero-order valence-electron chi connectivity index (χ0n) is 11.8. The Morgan fingerprint density at radius 3 is 2.70 bits per heavy atom. The number of amides is 1. The second-order valence-electron chi connectivity index (χ2n) is 5.50. The minimum Gasteiger partial charge on any atom is -0.334 e. The van der Waals surface area contributed by atoms with Crippen molar-refractivity contribution in [3.8, 4) is 0 Å². The van der Waals surface area contributed by atoms with E-state index in [1.54, 1.807) is 4.90 Å². The average Bonchev–Trinajstić information content (AvgIpc) is 2.42. The van der Waals surface area contributed by atoms with Gasteiger partial charge in [0.15, 0.2) is 0 Å². The largest absolute Gasteiger partial charge is 0.334 e. The summed E-state index contributed by atoms with van der Waals surface area (Å²) in [6.45, 7) is 3.94. The quantitative estimate of drug-likeness (QED) is 0.906. The molecule has 1 aliphatic rings. The lowest BCUT2D eigenvalue weighted by molar-refractivity contribution is 0.0579. The Hall–Kier alpha value is -1.49. The van der Waals surface area contributed by atoms with E-state index in [1.165, 1.54) is 13.0 Å². The van der Waals surface area contributed by atoms with Crippen molar-refractivity contribution in [2.75, 3.05) is 6.54 Å². The smallest absolute Gasteiger partial charge is 0.257 e. The Balaban J connectivity index is 2.32. The van der Waals surface area contributed by atoms with Crippen LogP contribution in [0.4, 0.5) is 8.78 Å². The van der Waals surface area contributed by atoms with E-state index in [2.05, 4.69) is 0 Å². The summed E-state index contributed by atoms with van der Waals surface area (Å²) in [5.74, 6) is -1.85. The van der Waals surface area contributed by atoms with Crippen molar-refractivity contribution in [3.05, 3.63) is 34.9 Å². The summed E-state index contributed by atoms with van der Waals surface area (Å²) in [5, 5.41) is 0. The molecule has 2 rings (SSSR count). The number of benzene rings is 1. The molecule has 1 aromatic rings. The van der Waals surface area contributed by atoms with Crippen LogP contribution in [0, 0.1) is 18.6 Å². The number of nitrogens with zero attached hydrogens (tertiary/aromatic N) is 1. The number of hydrogen-bond acceptors (Lipinski definition) is 2. The van der Waals surface area contributed by atoms with E-state index in [0.29, 0.717) is 6.54 Å². The van der Waals surface area contributed by atoms with Gasteiger partial charge in [0.1, 0.15) is 11.6 Å². The highest BCUT2D eigenvalue weighted by molar-refractivity contribution is 5.95. The Morgan fingerprint density at radius 1 is 1.35 bits per heavy atom. The Kier molecular flexibility index (Phi) is 4.38. The van der Waals surface area contributed by atoms with Crippen LogP contribution in [0.3, 0.4) is 0 Å². The predicted molar refractivity (Wildman–Crippen MR) is 73.4 cm³/mol. The van der Waals surface area contributed by atoms with Gasteiger partial charge in [-0.3, -0.25) is 4.79 Å². The number of halogens is 2. The maximum Gasteiger partial charge on any atom is 0.257 e. The van der Waals surface area contributed by atoms with Gasteiger partial charge in [0.25, 0.3) is 5.91 Å². The van der Waals surface area contributed by atoms with Crippen LogP contribution in [0.2, 0.25) is 0 Å². The van der Waals surface area contributed by atoms with Crippen LogP contribution in [-0.2, 0) is 0 Å². The van der Waals surface area contributed by atoms with Gasteiger partial charge in [-0.2, -0.15) is 0 Å². The second kappa shape index (κ2) is 5.87. The number of hydrogen-bond donors (Lipinski definition) is 1. The molecule has 0 radical (unpaired) electrons. The van der Waals surface area contributed by atoms with Gasteiger partial charge in [-0.1, -0.05) is 0 Å². The number of rotatable bonds is 2. The average molecular weight is 282 g/mol. The van der Waals surface area contributed by atoms with Gasteiger partial charge < -0.3 is 10.6 Å². The molecule has 1 amide bonds. The van der Waals surface area contributed by atoms with Crippen molar-refractivity contribution >= 4 is 5.91 Å². The molecule has 0 aliphatic carbocycles. The molecule has 20 heavy (non-hydrogen) atoms. The third-order valence-corrected chi connectivity index (χ3v) is 3.90. The fourth-order valence-corrected chi connectivity index (χ4v) is 2.73. The van der Waals surface area contributed by atoms with Crippen molar-refractivity contribution in [1.29, 1.82) is 0 Å². The molecule has 0 saturated carbocycles. The number of aryl methyl sites for hydroxylation is 1. The summed E-state index contributed by atoms with van der Waals surface area (Å²) in [6.07, 6.45) is 2.73. The van der Waals surface area contributed by atoms with Gasteiger partial charge in [0, 0.05) is 24.7 Å². The van der Waals surface area contributed by atoms with E-state index in [1.807, 2.05) is 6.92 Å². The third kappa shape index (κ3) is 2.82. The van der Waals surface area contributed by atoms with Crippen LogP contribution in [0.1, 0.15) is 42.1 Å². The number of carbonyl (C=O) groups excluding carboxylic acids is 1. The Morgan fingerprint density at radius 2 is 2.05 bits per heavy atom. The SMILES string of the molecule is Cc1cc(C(=O)N2CCCCC2C(C)N)c(F)cc1F. The summed E-state index contributed by atoms with van der Waals surface area (Å²) in [6, 6.07) is 1.80. The molecule has 5 heteroatoms. The van der Waals surface area contributed by atoms with E-state index >= 15 is 0 Å². The number of nitrogens with two attached hydrogens (primary N) is 1. The van der Waals surface area contributed by atoms with Crippen LogP contribution < -0.4 is 5.73 Å². The fraction of sp³-hybridized carbons (Fsp3) is 0.533. The number of piperidine rings is 1. The van der Waals surface area contributed by atoms with Gasteiger partial charge in [-0.15, -0.1) is 0 Å². The zero-order chi connectivity index (χ0) is 14.9. The first-order valence-corrected chi connectivity index (χ1v) is 6.94. The Bertz CT molecular complexity index is 517. The molecule has 1 aromatic carbocycles. The lowest BCUT2D eigenvalue weighted by Gasteiger charge is -2.38. The Labute approximate surface area is 117 Å². The molecule has 1 saturated heterocycles. The highest BCUT2D eigenvalue weighted by Gasteiger charge is 2.31.